The van der Waals surface area contributed by atoms with E-state index in [1.807, 2.05) is 0 Å². The summed E-state index contributed by atoms with van der Waals surface area (Å²) in [6, 6.07) is 3.39. The van der Waals surface area contributed by atoms with Gasteiger partial charge < -0.3 is 4.74 Å². The Morgan fingerprint density at radius 3 is 2.48 bits per heavy atom. The molecule has 2 aromatic rings. The Labute approximate surface area is 122 Å². The summed E-state index contributed by atoms with van der Waals surface area (Å²) in [6.45, 7) is 0. The summed E-state index contributed by atoms with van der Waals surface area (Å²) < 4.78 is 42.0. The summed E-state index contributed by atoms with van der Waals surface area (Å²) in [5, 5.41) is 0.0950. The lowest BCUT2D eigenvalue weighted by Crippen LogP contribution is -2.08. The zero-order valence-corrected chi connectivity index (χ0v) is 11.4. The van der Waals surface area contributed by atoms with Gasteiger partial charge in [0.25, 0.3) is 0 Å². The van der Waals surface area contributed by atoms with Gasteiger partial charge in [-0.3, -0.25) is 4.98 Å². The Balaban J connectivity index is 2.51. The van der Waals surface area contributed by atoms with Crippen molar-refractivity contribution >= 4 is 17.6 Å². The van der Waals surface area contributed by atoms with Crippen molar-refractivity contribution in [2.45, 2.75) is 6.18 Å². The molecule has 0 bridgehead atoms. The fourth-order valence-electron chi connectivity index (χ4n) is 1.66. The molecule has 2 aromatic heterocycles. The molecule has 2 rings (SSSR count). The molecule has 0 aliphatic rings. The smallest absolute Gasteiger partial charge is 0.433 e. The van der Waals surface area contributed by atoms with Gasteiger partial charge in [-0.25, -0.2) is 9.78 Å². The number of methoxy groups -OCH3 is 1. The third-order valence-electron chi connectivity index (χ3n) is 2.64. The number of carbonyl (C=O) groups excluding carboxylic acids is 1. The number of hydrogen-bond donors (Lipinski definition) is 0. The maximum absolute atomic E-state index is 12.5. The summed E-state index contributed by atoms with van der Waals surface area (Å²) in [6.07, 6.45) is -2.32. The Hall–Kier alpha value is -2.15. The minimum Gasteiger partial charge on any atom is -0.465 e. The van der Waals surface area contributed by atoms with E-state index >= 15 is 0 Å². The molecule has 8 heteroatoms. The maximum Gasteiger partial charge on any atom is 0.433 e. The molecular weight excluding hydrogens is 309 g/mol. The number of pyridine rings is 2. The predicted molar refractivity (Wildman–Crippen MR) is 68.8 cm³/mol. The zero-order valence-electron chi connectivity index (χ0n) is 10.6. The number of nitrogens with zero attached hydrogens (tertiary/aromatic N) is 2. The summed E-state index contributed by atoms with van der Waals surface area (Å²) >= 11 is 5.75. The van der Waals surface area contributed by atoms with Gasteiger partial charge in [0, 0.05) is 23.5 Å². The molecule has 0 saturated heterocycles. The van der Waals surface area contributed by atoms with Crippen molar-refractivity contribution in [3.05, 3.63) is 47.0 Å². The molecule has 0 spiro atoms. The topological polar surface area (TPSA) is 52.1 Å². The molecule has 0 saturated carbocycles. The molecule has 4 nitrogen and oxygen atoms in total. The van der Waals surface area contributed by atoms with Crippen LogP contribution >= 0.6 is 11.6 Å². The third-order valence-corrected chi connectivity index (χ3v) is 2.85. The van der Waals surface area contributed by atoms with E-state index in [0.717, 1.165) is 12.3 Å². The molecule has 0 unspecified atom stereocenters. The minimum absolute atomic E-state index is 0.0865. The predicted octanol–water partition coefficient (Wildman–Crippen LogP) is 3.60. The zero-order chi connectivity index (χ0) is 15.6. The second kappa shape index (κ2) is 5.69. The Morgan fingerprint density at radius 2 is 1.95 bits per heavy atom. The van der Waals surface area contributed by atoms with E-state index in [1.165, 1.54) is 25.4 Å². The first-order valence-electron chi connectivity index (χ1n) is 5.60. The van der Waals surface area contributed by atoms with Gasteiger partial charge in [0.15, 0.2) is 0 Å². The van der Waals surface area contributed by atoms with Gasteiger partial charge in [-0.15, -0.1) is 0 Å². The highest BCUT2D eigenvalue weighted by Gasteiger charge is 2.32. The lowest BCUT2D eigenvalue weighted by molar-refractivity contribution is -0.141. The summed E-state index contributed by atoms with van der Waals surface area (Å²) in [5.74, 6) is -0.672. The molecule has 0 aliphatic carbocycles. The maximum atomic E-state index is 12.5. The molecule has 0 aromatic carbocycles. The van der Waals surface area contributed by atoms with Gasteiger partial charge in [0.2, 0.25) is 0 Å². The van der Waals surface area contributed by atoms with Crippen molar-refractivity contribution in [3.63, 3.8) is 0 Å². The average molecular weight is 317 g/mol. The van der Waals surface area contributed by atoms with Crippen LogP contribution in [0.25, 0.3) is 11.1 Å². The van der Waals surface area contributed by atoms with E-state index in [0.29, 0.717) is 11.1 Å². The van der Waals surface area contributed by atoms with E-state index in [1.54, 1.807) is 0 Å². The minimum atomic E-state index is -4.53. The number of aromatic nitrogens is 2. The standard InChI is InChI=1S/C13H8ClF3N2O2/c1-21-12(20)9-6-19-11(14)4-8(9)7-2-3-10(18-5-7)13(15,16)17/h2-6H,1H3. The highest BCUT2D eigenvalue weighted by molar-refractivity contribution is 6.29. The average Bonchev–Trinajstić information content (AvgIpc) is 2.45. The number of esters is 1. The van der Waals surface area contributed by atoms with E-state index in [2.05, 4.69) is 14.7 Å². The molecule has 0 fully saturated rings. The fraction of sp³-hybridized carbons (Fsp3) is 0.154. The van der Waals surface area contributed by atoms with Gasteiger partial charge in [-0.1, -0.05) is 17.7 Å². The van der Waals surface area contributed by atoms with Crippen LogP contribution in [-0.2, 0) is 10.9 Å². The summed E-state index contributed by atoms with van der Waals surface area (Å²) in [5.41, 5.74) is -0.342. The van der Waals surface area contributed by atoms with Crippen molar-refractivity contribution in [1.82, 2.24) is 9.97 Å². The van der Waals surface area contributed by atoms with E-state index in [4.69, 9.17) is 11.6 Å². The second-order valence-corrected chi connectivity index (χ2v) is 4.36. The van der Waals surface area contributed by atoms with Crippen LogP contribution in [0.15, 0.2) is 30.6 Å². The SMILES string of the molecule is COC(=O)c1cnc(Cl)cc1-c1ccc(C(F)(F)F)nc1. The summed E-state index contributed by atoms with van der Waals surface area (Å²) in [7, 11) is 1.19. The van der Waals surface area contributed by atoms with Crippen molar-refractivity contribution in [1.29, 1.82) is 0 Å². The number of ether oxygens (including phenoxy) is 1. The van der Waals surface area contributed by atoms with Crippen molar-refractivity contribution < 1.29 is 22.7 Å². The Morgan fingerprint density at radius 1 is 1.24 bits per heavy atom. The number of halogens is 4. The lowest BCUT2D eigenvalue weighted by atomic mass is 10.0. The molecule has 0 atom stereocenters. The van der Waals surface area contributed by atoms with E-state index in [9.17, 15) is 18.0 Å². The monoisotopic (exact) mass is 316 g/mol. The first-order valence-corrected chi connectivity index (χ1v) is 5.98. The van der Waals surface area contributed by atoms with Crippen LogP contribution < -0.4 is 0 Å². The largest absolute Gasteiger partial charge is 0.465 e. The normalized spacial score (nSPS) is 11.3. The second-order valence-electron chi connectivity index (χ2n) is 3.97. The molecule has 0 N–H and O–H groups in total. The van der Waals surface area contributed by atoms with Gasteiger partial charge >= 0.3 is 12.1 Å². The van der Waals surface area contributed by atoms with Crippen LogP contribution in [0.3, 0.4) is 0 Å². The highest BCUT2D eigenvalue weighted by atomic mass is 35.5. The van der Waals surface area contributed by atoms with Crippen molar-refractivity contribution in [3.8, 4) is 11.1 Å². The Bertz CT molecular complexity index is 672. The van der Waals surface area contributed by atoms with Crippen LogP contribution in [0.5, 0.6) is 0 Å². The van der Waals surface area contributed by atoms with Crippen molar-refractivity contribution in [2.24, 2.45) is 0 Å². The van der Waals surface area contributed by atoms with Gasteiger partial charge in [0.1, 0.15) is 10.8 Å². The van der Waals surface area contributed by atoms with Gasteiger partial charge in [-0.2, -0.15) is 13.2 Å². The molecule has 110 valence electrons. The summed E-state index contributed by atoms with van der Waals surface area (Å²) in [4.78, 5) is 18.7. The molecule has 0 radical (unpaired) electrons. The first kappa shape index (κ1) is 15.2. The van der Waals surface area contributed by atoms with Crippen LogP contribution in [0.4, 0.5) is 13.2 Å². The molecular formula is C13H8ClF3N2O2. The number of rotatable bonds is 2. The molecule has 0 aliphatic heterocycles. The Kier molecular flexibility index (Phi) is 4.13. The number of hydrogen-bond acceptors (Lipinski definition) is 4. The van der Waals surface area contributed by atoms with Crippen LogP contribution in [0.1, 0.15) is 16.1 Å². The molecule has 0 amide bonds. The third kappa shape index (κ3) is 3.30. The van der Waals surface area contributed by atoms with E-state index in [-0.39, 0.29) is 10.7 Å². The molecule has 2 heterocycles. The van der Waals surface area contributed by atoms with Crippen LogP contribution in [-0.4, -0.2) is 23.0 Å². The first-order chi connectivity index (χ1) is 9.82. The van der Waals surface area contributed by atoms with Crippen LogP contribution in [0.2, 0.25) is 5.15 Å². The number of carbonyl (C=O) groups is 1. The fourth-order valence-corrected chi connectivity index (χ4v) is 1.82. The molecule has 21 heavy (non-hydrogen) atoms. The quantitative estimate of drug-likeness (QED) is 0.627. The lowest BCUT2D eigenvalue weighted by Gasteiger charge is -2.09. The van der Waals surface area contributed by atoms with E-state index < -0.39 is 17.8 Å². The highest BCUT2D eigenvalue weighted by Crippen LogP contribution is 2.30. The number of alkyl halides is 3. The van der Waals surface area contributed by atoms with Crippen LogP contribution in [0, 0.1) is 0 Å². The van der Waals surface area contributed by atoms with Gasteiger partial charge in [-0.05, 0) is 12.1 Å². The van der Waals surface area contributed by atoms with Crippen molar-refractivity contribution in [2.75, 3.05) is 7.11 Å². The van der Waals surface area contributed by atoms with Gasteiger partial charge in [0.05, 0.1) is 12.7 Å².